The molecule has 1 heterocycles. The normalized spacial score (nSPS) is 10.6. The monoisotopic (exact) mass is 269 g/mol. The van der Waals surface area contributed by atoms with Crippen LogP contribution in [-0.2, 0) is 6.54 Å². The van der Waals surface area contributed by atoms with Crippen molar-refractivity contribution in [2.24, 2.45) is 0 Å². The molecule has 4 heteroatoms. The summed E-state index contributed by atoms with van der Waals surface area (Å²) in [6.45, 7) is 4.80. The van der Waals surface area contributed by atoms with Gasteiger partial charge in [0.2, 0.25) is 0 Å². The zero-order chi connectivity index (χ0) is 14.5. The van der Waals surface area contributed by atoms with Gasteiger partial charge in [0, 0.05) is 6.54 Å². The van der Waals surface area contributed by atoms with Crippen LogP contribution in [0.5, 0.6) is 0 Å². The summed E-state index contributed by atoms with van der Waals surface area (Å²) in [6.07, 6.45) is 1.48. The second-order valence-electron chi connectivity index (χ2n) is 5.06. The first-order chi connectivity index (χ1) is 9.56. The number of carbonyl (C=O) groups is 1. The van der Waals surface area contributed by atoms with Crippen LogP contribution < -0.4 is 11.1 Å². The van der Waals surface area contributed by atoms with Crippen molar-refractivity contribution in [2.45, 2.75) is 26.3 Å². The van der Waals surface area contributed by atoms with Gasteiger partial charge >= 0.3 is 0 Å². The molecular formula is C16H19N3O. The summed E-state index contributed by atoms with van der Waals surface area (Å²) in [5.41, 5.74) is 8.82. The van der Waals surface area contributed by atoms with Crippen LogP contribution >= 0.6 is 0 Å². The van der Waals surface area contributed by atoms with Crippen LogP contribution in [0.4, 0.5) is 5.69 Å². The first kappa shape index (κ1) is 14.1. The highest BCUT2D eigenvalue weighted by Gasteiger charge is 2.06. The standard InChI is InChI=1S/C16H19N3O/c1-11(2)13-5-3-12(4-6-13)9-19-16(20)15-8-7-14(17)10-18-15/h3-8,10-11H,9,17H2,1-2H3,(H,19,20). The molecule has 0 bridgehead atoms. The molecule has 0 radical (unpaired) electrons. The maximum atomic E-state index is 11.9. The molecule has 2 aromatic rings. The Kier molecular flexibility index (Phi) is 4.35. The van der Waals surface area contributed by atoms with Gasteiger partial charge in [0.05, 0.1) is 11.9 Å². The van der Waals surface area contributed by atoms with Gasteiger partial charge in [-0.2, -0.15) is 0 Å². The molecule has 0 aliphatic carbocycles. The third-order valence-electron chi connectivity index (χ3n) is 3.12. The third kappa shape index (κ3) is 3.57. The zero-order valence-corrected chi connectivity index (χ0v) is 11.8. The second kappa shape index (κ2) is 6.19. The molecule has 20 heavy (non-hydrogen) atoms. The van der Waals surface area contributed by atoms with E-state index in [4.69, 9.17) is 5.73 Å². The Morgan fingerprint density at radius 3 is 2.45 bits per heavy atom. The van der Waals surface area contributed by atoms with Gasteiger partial charge in [-0.3, -0.25) is 4.79 Å². The number of nitrogen functional groups attached to an aromatic ring is 1. The second-order valence-corrected chi connectivity index (χ2v) is 5.06. The van der Waals surface area contributed by atoms with E-state index in [0.717, 1.165) is 5.56 Å². The number of hydrogen-bond donors (Lipinski definition) is 2. The maximum absolute atomic E-state index is 11.9. The average Bonchev–Trinajstić information content (AvgIpc) is 2.46. The molecule has 3 N–H and O–H groups in total. The number of amides is 1. The minimum Gasteiger partial charge on any atom is -0.397 e. The van der Waals surface area contributed by atoms with Crippen LogP contribution in [0.25, 0.3) is 0 Å². The minimum atomic E-state index is -0.196. The van der Waals surface area contributed by atoms with Crippen LogP contribution in [0.2, 0.25) is 0 Å². The number of pyridine rings is 1. The van der Waals surface area contributed by atoms with Crippen LogP contribution in [0.15, 0.2) is 42.6 Å². The smallest absolute Gasteiger partial charge is 0.270 e. The molecule has 1 amide bonds. The van der Waals surface area contributed by atoms with Crippen molar-refractivity contribution in [2.75, 3.05) is 5.73 Å². The molecule has 0 spiro atoms. The van der Waals surface area contributed by atoms with Crippen molar-refractivity contribution in [1.29, 1.82) is 0 Å². The number of nitrogens with one attached hydrogen (secondary N) is 1. The Hall–Kier alpha value is -2.36. The van der Waals surface area contributed by atoms with E-state index < -0.39 is 0 Å². The highest BCUT2D eigenvalue weighted by molar-refractivity contribution is 5.92. The SMILES string of the molecule is CC(C)c1ccc(CNC(=O)c2ccc(N)cn2)cc1. The van der Waals surface area contributed by atoms with Crippen molar-refractivity contribution in [1.82, 2.24) is 10.3 Å². The molecule has 0 aliphatic rings. The van der Waals surface area contributed by atoms with Crippen LogP contribution in [0, 0.1) is 0 Å². The van der Waals surface area contributed by atoms with Gasteiger partial charge < -0.3 is 11.1 Å². The zero-order valence-electron chi connectivity index (χ0n) is 11.8. The van der Waals surface area contributed by atoms with E-state index in [0.29, 0.717) is 23.8 Å². The Balaban J connectivity index is 1.94. The lowest BCUT2D eigenvalue weighted by molar-refractivity contribution is 0.0946. The Morgan fingerprint density at radius 1 is 1.20 bits per heavy atom. The maximum Gasteiger partial charge on any atom is 0.270 e. The number of anilines is 1. The van der Waals surface area contributed by atoms with E-state index in [1.165, 1.54) is 11.8 Å². The van der Waals surface area contributed by atoms with Gasteiger partial charge in [0.1, 0.15) is 5.69 Å². The van der Waals surface area contributed by atoms with Gasteiger partial charge in [-0.25, -0.2) is 4.98 Å². The van der Waals surface area contributed by atoms with E-state index >= 15 is 0 Å². The third-order valence-corrected chi connectivity index (χ3v) is 3.12. The Labute approximate surface area is 119 Å². The molecule has 4 nitrogen and oxygen atoms in total. The number of benzene rings is 1. The number of nitrogens with zero attached hydrogens (tertiary/aromatic N) is 1. The fourth-order valence-corrected chi connectivity index (χ4v) is 1.83. The quantitative estimate of drug-likeness (QED) is 0.896. The highest BCUT2D eigenvalue weighted by atomic mass is 16.1. The summed E-state index contributed by atoms with van der Waals surface area (Å²) in [5, 5.41) is 2.84. The van der Waals surface area contributed by atoms with Crippen LogP contribution in [0.1, 0.15) is 41.4 Å². The molecule has 0 fully saturated rings. The molecule has 0 aliphatic heterocycles. The summed E-state index contributed by atoms with van der Waals surface area (Å²) in [6, 6.07) is 11.5. The average molecular weight is 269 g/mol. The van der Waals surface area contributed by atoms with Gasteiger partial charge in [-0.15, -0.1) is 0 Å². The lowest BCUT2D eigenvalue weighted by atomic mass is 10.0. The lowest BCUT2D eigenvalue weighted by Gasteiger charge is -2.08. The van der Waals surface area contributed by atoms with Crippen molar-refractivity contribution in [3.63, 3.8) is 0 Å². The Bertz CT molecular complexity index is 574. The lowest BCUT2D eigenvalue weighted by Crippen LogP contribution is -2.23. The molecule has 0 unspecified atom stereocenters. The fraction of sp³-hybridized carbons (Fsp3) is 0.250. The largest absolute Gasteiger partial charge is 0.397 e. The fourth-order valence-electron chi connectivity index (χ4n) is 1.83. The predicted octanol–water partition coefficient (Wildman–Crippen LogP) is 2.72. The van der Waals surface area contributed by atoms with Crippen molar-refractivity contribution >= 4 is 11.6 Å². The molecule has 0 saturated heterocycles. The first-order valence-electron chi connectivity index (χ1n) is 6.65. The van der Waals surface area contributed by atoms with Gasteiger partial charge in [-0.05, 0) is 29.2 Å². The van der Waals surface area contributed by atoms with E-state index in [2.05, 4.69) is 36.3 Å². The predicted molar refractivity (Wildman–Crippen MR) is 80.4 cm³/mol. The van der Waals surface area contributed by atoms with Gasteiger partial charge in [0.15, 0.2) is 0 Å². The van der Waals surface area contributed by atoms with E-state index in [9.17, 15) is 4.79 Å². The number of aromatic nitrogens is 1. The molecule has 104 valence electrons. The van der Waals surface area contributed by atoms with Crippen LogP contribution in [-0.4, -0.2) is 10.9 Å². The van der Waals surface area contributed by atoms with Crippen molar-refractivity contribution < 1.29 is 4.79 Å². The summed E-state index contributed by atoms with van der Waals surface area (Å²) in [4.78, 5) is 15.9. The summed E-state index contributed by atoms with van der Waals surface area (Å²) >= 11 is 0. The number of rotatable bonds is 4. The minimum absolute atomic E-state index is 0.196. The first-order valence-corrected chi connectivity index (χ1v) is 6.65. The molecule has 0 saturated carbocycles. The molecule has 1 aromatic carbocycles. The molecule has 1 aromatic heterocycles. The topological polar surface area (TPSA) is 68.0 Å². The molecular weight excluding hydrogens is 250 g/mol. The number of nitrogens with two attached hydrogens (primary N) is 1. The van der Waals surface area contributed by atoms with E-state index in [1.807, 2.05) is 12.1 Å². The van der Waals surface area contributed by atoms with E-state index in [-0.39, 0.29) is 5.91 Å². The van der Waals surface area contributed by atoms with Gasteiger partial charge in [-0.1, -0.05) is 38.1 Å². The summed E-state index contributed by atoms with van der Waals surface area (Å²) < 4.78 is 0. The molecule has 2 rings (SSSR count). The van der Waals surface area contributed by atoms with E-state index in [1.54, 1.807) is 12.1 Å². The van der Waals surface area contributed by atoms with Crippen molar-refractivity contribution in [3.05, 3.63) is 59.4 Å². The van der Waals surface area contributed by atoms with Gasteiger partial charge in [0.25, 0.3) is 5.91 Å². The van der Waals surface area contributed by atoms with Crippen LogP contribution in [0.3, 0.4) is 0 Å². The van der Waals surface area contributed by atoms with Crippen molar-refractivity contribution in [3.8, 4) is 0 Å². The highest BCUT2D eigenvalue weighted by Crippen LogP contribution is 2.14. The Morgan fingerprint density at radius 2 is 1.90 bits per heavy atom. The molecule has 0 atom stereocenters. The number of hydrogen-bond acceptors (Lipinski definition) is 3. The number of carbonyl (C=O) groups excluding carboxylic acids is 1. The summed E-state index contributed by atoms with van der Waals surface area (Å²) in [5.74, 6) is 0.315. The summed E-state index contributed by atoms with van der Waals surface area (Å²) in [7, 11) is 0.